The number of nitrogens with zero attached hydrogens (tertiary/aromatic N) is 7. The van der Waals surface area contributed by atoms with Gasteiger partial charge in [-0.15, -0.1) is 11.3 Å². The average Bonchev–Trinajstić information content (AvgIpc) is 3.27. The van der Waals surface area contributed by atoms with Gasteiger partial charge >= 0.3 is 0 Å². The Kier molecular flexibility index (Phi) is 7.12. The van der Waals surface area contributed by atoms with Gasteiger partial charge in [0.15, 0.2) is 11.6 Å². The second-order valence-corrected chi connectivity index (χ2v) is 11.8. The molecule has 0 aromatic carbocycles. The first-order chi connectivity index (χ1) is 16.9. The predicted molar refractivity (Wildman–Crippen MR) is 137 cm³/mol. The second-order valence-electron chi connectivity index (χ2n) is 8.66. The van der Waals surface area contributed by atoms with Gasteiger partial charge in [0, 0.05) is 69.6 Å². The molecule has 0 saturated carbocycles. The number of rotatable bonds is 7. The third kappa shape index (κ3) is 5.54. The van der Waals surface area contributed by atoms with Gasteiger partial charge in [0.25, 0.3) is 0 Å². The van der Waals surface area contributed by atoms with Gasteiger partial charge in [-0.3, -0.25) is 4.90 Å². The van der Waals surface area contributed by atoms with E-state index in [4.69, 9.17) is 14.7 Å². The Bertz CT molecular complexity index is 1270. The maximum atomic E-state index is 11.8. The number of hydrogen-bond acceptors (Lipinski definition) is 11. The van der Waals surface area contributed by atoms with Crippen molar-refractivity contribution in [3.63, 3.8) is 0 Å². The molecule has 2 aliphatic rings. The number of sulfonamides is 1. The monoisotopic (exact) mass is 518 g/mol. The van der Waals surface area contributed by atoms with Crippen LogP contribution in [0.25, 0.3) is 21.6 Å². The summed E-state index contributed by atoms with van der Waals surface area (Å²) in [5, 5.41) is 3.11. The van der Waals surface area contributed by atoms with Crippen LogP contribution in [0.4, 0.5) is 11.8 Å². The second kappa shape index (κ2) is 10.3. The molecule has 2 fully saturated rings. The van der Waals surface area contributed by atoms with E-state index in [-0.39, 0.29) is 0 Å². The summed E-state index contributed by atoms with van der Waals surface area (Å²) in [5.41, 5.74) is 1.68. The lowest BCUT2D eigenvalue weighted by Crippen LogP contribution is -2.47. The molecule has 2 aliphatic heterocycles. The smallest absolute Gasteiger partial charge is 0.222 e. The summed E-state index contributed by atoms with van der Waals surface area (Å²) in [4.78, 5) is 24.3. The fourth-order valence-corrected chi connectivity index (χ4v) is 6.27. The molecule has 188 valence electrons. The van der Waals surface area contributed by atoms with Gasteiger partial charge < -0.3 is 15.0 Å². The Labute approximate surface area is 209 Å². The largest absolute Gasteiger partial charge is 0.378 e. The van der Waals surface area contributed by atoms with Crippen molar-refractivity contribution in [2.75, 3.05) is 75.5 Å². The molecule has 3 aromatic rings. The van der Waals surface area contributed by atoms with Gasteiger partial charge in [0.1, 0.15) is 0 Å². The maximum Gasteiger partial charge on any atom is 0.222 e. The first kappa shape index (κ1) is 24.3. The minimum atomic E-state index is -3.14. The summed E-state index contributed by atoms with van der Waals surface area (Å²) < 4.78 is 31.8. The number of morpholine rings is 1. The molecule has 0 amide bonds. The molecule has 0 spiro atoms. The lowest BCUT2D eigenvalue weighted by Gasteiger charge is -2.32. The minimum Gasteiger partial charge on any atom is -0.378 e. The fraction of sp³-hybridized carbons (Fsp3) is 0.545. The Balaban J connectivity index is 1.43. The summed E-state index contributed by atoms with van der Waals surface area (Å²) in [6, 6.07) is 2.13. The number of hydrogen-bond donors (Lipinski definition) is 1. The third-order valence-electron chi connectivity index (χ3n) is 6.14. The molecule has 2 saturated heterocycles. The van der Waals surface area contributed by atoms with E-state index in [1.54, 1.807) is 28.0 Å². The van der Waals surface area contributed by atoms with E-state index in [0.717, 1.165) is 47.8 Å². The molecule has 3 aromatic heterocycles. The molecule has 13 heteroatoms. The zero-order valence-electron chi connectivity index (χ0n) is 20.0. The predicted octanol–water partition coefficient (Wildman–Crippen LogP) is 1.49. The van der Waals surface area contributed by atoms with Crippen LogP contribution in [0.1, 0.15) is 11.8 Å². The standard InChI is InChI=1S/C22H30N8O3S2/c1-3-23-22-24-13-16(14-25-22)20-26-18-12-17(15-28-4-6-30(7-5-28)35(2,31)32)34-19(18)21(27-20)29-8-10-33-11-9-29/h12-14H,3-11,15H2,1-2H3,(H,23,24,25). The van der Waals surface area contributed by atoms with Crippen LogP contribution in [0.2, 0.25) is 0 Å². The van der Waals surface area contributed by atoms with Crippen molar-refractivity contribution in [2.24, 2.45) is 0 Å². The van der Waals surface area contributed by atoms with E-state index >= 15 is 0 Å². The zero-order chi connectivity index (χ0) is 24.4. The molecule has 11 nitrogen and oxygen atoms in total. The van der Waals surface area contributed by atoms with E-state index < -0.39 is 10.0 Å². The molecule has 1 N–H and O–H groups in total. The quantitative estimate of drug-likeness (QED) is 0.493. The van der Waals surface area contributed by atoms with Crippen LogP contribution < -0.4 is 10.2 Å². The van der Waals surface area contributed by atoms with Gasteiger partial charge in [-0.25, -0.2) is 28.4 Å². The van der Waals surface area contributed by atoms with Gasteiger partial charge in [-0.1, -0.05) is 0 Å². The first-order valence-corrected chi connectivity index (χ1v) is 14.4. The van der Waals surface area contributed by atoms with Gasteiger partial charge in [-0.2, -0.15) is 4.31 Å². The van der Waals surface area contributed by atoms with Gasteiger partial charge in [0.2, 0.25) is 16.0 Å². The summed E-state index contributed by atoms with van der Waals surface area (Å²) >= 11 is 1.71. The molecule has 35 heavy (non-hydrogen) atoms. The van der Waals surface area contributed by atoms with Crippen LogP contribution in [0.15, 0.2) is 18.5 Å². The lowest BCUT2D eigenvalue weighted by molar-refractivity contribution is 0.122. The van der Waals surface area contributed by atoms with Crippen molar-refractivity contribution in [1.82, 2.24) is 29.1 Å². The van der Waals surface area contributed by atoms with E-state index in [0.29, 0.717) is 51.2 Å². The number of nitrogens with one attached hydrogen (secondary N) is 1. The third-order valence-corrected chi connectivity index (χ3v) is 8.55. The number of ether oxygens (including phenoxy) is 1. The molecule has 0 aliphatic carbocycles. The van der Waals surface area contributed by atoms with Crippen molar-refractivity contribution < 1.29 is 13.2 Å². The van der Waals surface area contributed by atoms with Crippen LogP contribution in [-0.4, -0.2) is 103 Å². The van der Waals surface area contributed by atoms with E-state index in [9.17, 15) is 8.42 Å². The Morgan fingerprint density at radius 3 is 2.43 bits per heavy atom. The minimum absolute atomic E-state index is 0.523. The molecule has 5 rings (SSSR count). The Morgan fingerprint density at radius 2 is 1.77 bits per heavy atom. The number of fused-ring (bicyclic) bond motifs is 1. The highest BCUT2D eigenvalue weighted by molar-refractivity contribution is 7.88. The zero-order valence-corrected chi connectivity index (χ0v) is 21.6. The van der Waals surface area contributed by atoms with Crippen molar-refractivity contribution in [2.45, 2.75) is 13.5 Å². The molecular weight excluding hydrogens is 488 g/mol. The van der Waals surface area contributed by atoms with Crippen LogP contribution >= 0.6 is 11.3 Å². The topological polar surface area (TPSA) is 117 Å². The highest BCUT2D eigenvalue weighted by Gasteiger charge is 2.25. The van der Waals surface area contributed by atoms with Crippen molar-refractivity contribution in [3.8, 4) is 11.4 Å². The van der Waals surface area contributed by atoms with Gasteiger partial charge in [-0.05, 0) is 13.0 Å². The van der Waals surface area contributed by atoms with Crippen molar-refractivity contribution in [3.05, 3.63) is 23.3 Å². The van der Waals surface area contributed by atoms with E-state index in [1.165, 1.54) is 11.1 Å². The summed E-state index contributed by atoms with van der Waals surface area (Å²) in [6.07, 6.45) is 4.78. The molecule has 0 atom stereocenters. The maximum absolute atomic E-state index is 11.8. The number of anilines is 2. The summed E-state index contributed by atoms with van der Waals surface area (Å²) in [7, 11) is -3.14. The Morgan fingerprint density at radius 1 is 1.06 bits per heavy atom. The molecule has 0 bridgehead atoms. The highest BCUT2D eigenvalue weighted by atomic mass is 32.2. The lowest BCUT2D eigenvalue weighted by atomic mass is 10.3. The molecule has 0 unspecified atom stereocenters. The molecular formula is C22H30N8O3S2. The van der Waals surface area contributed by atoms with Crippen LogP contribution in [0.3, 0.4) is 0 Å². The highest BCUT2D eigenvalue weighted by Crippen LogP contribution is 2.35. The average molecular weight is 519 g/mol. The number of aromatic nitrogens is 4. The first-order valence-electron chi connectivity index (χ1n) is 11.8. The summed E-state index contributed by atoms with van der Waals surface area (Å²) in [6.45, 7) is 8.89. The van der Waals surface area contributed by atoms with E-state index in [1.807, 2.05) is 6.92 Å². The normalized spacial score (nSPS) is 18.3. The summed E-state index contributed by atoms with van der Waals surface area (Å²) in [5.74, 6) is 2.11. The number of thiophene rings is 1. The molecule has 5 heterocycles. The fourth-order valence-electron chi connectivity index (χ4n) is 4.29. The van der Waals surface area contributed by atoms with Gasteiger partial charge in [0.05, 0.1) is 35.2 Å². The number of piperazine rings is 1. The SMILES string of the molecule is CCNc1ncc(-c2nc(N3CCOCC3)c3sc(CN4CCN(S(C)(=O)=O)CC4)cc3n2)cn1. The van der Waals surface area contributed by atoms with Crippen LogP contribution in [0.5, 0.6) is 0 Å². The van der Waals surface area contributed by atoms with Crippen molar-refractivity contribution >= 4 is 43.3 Å². The van der Waals surface area contributed by atoms with E-state index in [2.05, 4.69) is 31.2 Å². The molecule has 0 radical (unpaired) electrons. The van der Waals surface area contributed by atoms with Crippen molar-refractivity contribution in [1.29, 1.82) is 0 Å². The van der Waals surface area contributed by atoms with Crippen LogP contribution in [0, 0.1) is 0 Å². The Hall–Kier alpha value is -2.45. The van der Waals surface area contributed by atoms with Crippen LogP contribution in [-0.2, 0) is 21.3 Å².